The van der Waals surface area contributed by atoms with E-state index in [1.165, 1.54) is 0 Å². The van der Waals surface area contributed by atoms with E-state index in [1.54, 1.807) is 23.1 Å². The second-order valence-corrected chi connectivity index (χ2v) is 8.99. The van der Waals surface area contributed by atoms with Crippen LogP contribution in [-0.2, 0) is 4.79 Å². The maximum Gasteiger partial charge on any atom is 0.161 e. The Morgan fingerprint density at radius 2 is 2.07 bits per heavy atom. The van der Waals surface area contributed by atoms with Gasteiger partial charge in [0.2, 0.25) is 0 Å². The van der Waals surface area contributed by atoms with Crippen molar-refractivity contribution in [2.24, 2.45) is 5.73 Å². The van der Waals surface area contributed by atoms with E-state index in [1.807, 2.05) is 40.6 Å². The molecule has 2 aliphatic rings. The largest absolute Gasteiger partial charge is 0.384 e. The molecule has 4 rings (SSSR count). The van der Waals surface area contributed by atoms with Crippen LogP contribution < -0.4 is 10.6 Å². The molecule has 0 fully saturated rings. The molecule has 0 amide bonds. The topological polar surface area (TPSA) is 70.1 Å². The molecule has 1 aliphatic heterocycles. The molecule has 6 heteroatoms. The van der Waals surface area contributed by atoms with E-state index in [0.29, 0.717) is 17.8 Å². The number of ketones is 1. The maximum absolute atomic E-state index is 13.1. The Kier molecular flexibility index (Phi) is 5.29. The molecule has 2 N–H and O–H groups in total. The lowest BCUT2D eigenvalue weighted by Gasteiger charge is -2.39. The van der Waals surface area contributed by atoms with Crippen molar-refractivity contribution in [1.82, 2.24) is 0 Å². The van der Waals surface area contributed by atoms with Crippen LogP contribution in [0, 0.1) is 11.3 Å². The SMILES string of the molecule is CCSc1ccsc1[C@@H]1C(C#N)=C(N)N(c2ccccc2)C2=C1C(=O)CCC2. The van der Waals surface area contributed by atoms with Crippen molar-refractivity contribution in [3.8, 4) is 6.07 Å². The minimum absolute atomic E-state index is 0.133. The van der Waals surface area contributed by atoms with Crippen LogP contribution in [0.5, 0.6) is 0 Å². The number of Topliss-reactive ketones (excluding diaryl/α,β-unsaturated/α-hetero) is 1. The lowest BCUT2D eigenvalue weighted by molar-refractivity contribution is -0.116. The zero-order chi connectivity index (χ0) is 19.7. The Morgan fingerprint density at radius 3 is 2.79 bits per heavy atom. The number of thiophene rings is 1. The van der Waals surface area contributed by atoms with Crippen molar-refractivity contribution in [1.29, 1.82) is 5.26 Å². The van der Waals surface area contributed by atoms with Crippen LogP contribution in [-0.4, -0.2) is 11.5 Å². The van der Waals surface area contributed by atoms with Crippen LogP contribution in [0.2, 0.25) is 0 Å². The molecule has 0 radical (unpaired) electrons. The molecular formula is C22H21N3OS2. The van der Waals surface area contributed by atoms with Gasteiger partial charge in [0.05, 0.1) is 17.6 Å². The Morgan fingerprint density at radius 1 is 1.29 bits per heavy atom. The molecule has 0 unspecified atom stereocenters. The molecule has 2 aromatic rings. The molecule has 1 atom stereocenters. The van der Waals surface area contributed by atoms with Crippen LogP contribution in [0.1, 0.15) is 37.0 Å². The van der Waals surface area contributed by atoms with Gasteiger partial charge in [0.15, 0.2) is 5.78 Å². The van der Waals surface area contributed by atoms with Gasteiger partial charge < -0.3 is 5.73 Å². The molecule has 0 spiro atoms. The standard InChI is InChI=1S/C22H21N3OS2/c1-2-27-18-11-12-28-21(18)19-15(13-23)22(24)25(14-7-4-3-5-8-14)16-9-6-10-17(26)20(16)19/h3-5,7-8,11-12,19H,2,6,9-10,24H2,1H3/t19-/m1/s1. The lowest BCUT2D eigenvalue weighted by Crippen LogP contribution is -2.38. The number of nitriles is 1. The first-order valence-corrected chi connectivity index (χ1v) is 11.2. The van der Waals surface area contributed by atoms with Crippen LogP contribution in [0.3, 0.4) is 0 Å². The molecule has 4 nitrogen and oxygen atoms in total. The number of carbonyl (C=O) groups is 1. The molecular weight excluding hydrogens is 386 g/mol. The Labute approximate surface area is 173 Å². The number of rotatable bonds is 4. The fourth-order valence-corrected chi connectivity index (χ4v) is 6.06. The second-order valence-electron chi connectivity index (χ2n) is 6.73. The minimum atomic E-state index is -0.359. The molecule has 1 aromatic carbocycles. The van der Waals surface area contributed by atoms with Crippen molar-refractivity contribution in [2.45, 2.75) is 37.0 Å². The number of para-hydroxylation sites is 1. The first-order chi connectivity index (χ1) is 13.7. The number of thioether (sulfide) groups is 1. The van der Waals surface area contributed by atoms with Gasteiger partial charge in [-0.25, -0.2) is 0 Å². The molecule has 0 saturated heterocycles. The highest BCUT2D eigenvalue weighted by Crippen LogP contribution is 2.49. The number of nitrogens with zero attached hydrogens (tertiary/aromatic N) is 2. The van der Waals surface area contributed by atoms with Crippen molar-refractivity contribution in [3.63, 3.8) is 0 Å². The van der Waals surface area contributed by atoms with Gasteiger partial charge in [-0.1, -0.05) is 25.1 Å². The maximum atomic E-state index is 13.1. The van der Waals surface area contributed by atoms with Crippen LogP contribution in [0.15, 0.2) is 69.3 Å². The number of hydrogen-bond acceptors (Lipinski definition) is 6. The van der Waals surface area contributed by atoms with Gasteiger partial charge in [0.25, 0.3) is 0 Å². The Bertz CT molecular complexity index is 1010. The zero-order valence-electron chi connectivity index (χ0n) is 15.6. The molecule has 1 aromatic heterocycles. The average Bonchev–Trinajstić information content (AvgIpc) is 3.16. The highest BCUT2D eigenvalue weighted by Gasteiger charge is 2.41. The smallest absolute Gasteiger partial charge is 0.161 e. The van der Waals surface area contributed by atoms with E-state index in [9.17, 15) is 10.1 Å². The number of benzene rings is 1. The molecule has 0 bridgehead atoms. The molecule has 142 valence electrons. The summed E-state index contributed by atoms with van der Waals surface area (Å²) in [7, 11) is 0. The van der Waals surface area contributed by atoms with Gasteiger partial charge in [0, 0.05) is 33.2 Å². The summed E-state index contributed by atoms with van der Waals surface area (Å²) in [5.41, 5.74) is 9.64. The van der Waals surface area contributed by atoms with Crippen LogP contribution >= 0.6 is 23.1 Å². The summed E-state index contributed by atoms with van der Waals surface area (Å²) < 4.78 is 0. The van der Waals surface area contributed by atoms with E-state index in [-0.39, 0.29) is 11.7 Å². The molecule has 2 heterocycles. The van der Waals surface area contributed by atoms with E-state index in [4.69, 9.17) is 5.73 Å². The van der Waals surface area contributed by atoms with Gasteiger partial charge in [-0.3, -0.25) is 9.69 Å². The van der Waals surface area contributed by atoms with Crippen LogP contribution in [0.4, 0.5) is 5.69 Å². The normalized spacial score (nSPS) is 19.6. The zero-order valence-corrected chi connectivity index (χ0v) is 17.3. The number of nitrogens with two attached hydrogens (primary N) is 1. The van der Waals surface area contributed by atoms with Crippen molar-refractivity contribution < 1.29 is 4.79 Å². The van der Waals surface area contributed by atoms with Crippen molar-refractivity contribution >= 4 is 34.6 Å². The lowest BCUT2D eigenvalue weighted by atomic mass is 9.78. The predicted octanol–water partition coefficient (Wildman–Crippen LogP) is 5.16. The molecule has 28 heavy (non-hydrogen) atoms. The first kappa shape index (κ1) is 18.9. The predicted molar refractivity (Wildman–Crippen MR) is 115 cm³/mol. The average molecular weight is 408 g/mol. The van der Waals surface area contributed by atoms with E-state index < -0.39 is 0 Å². The van der Waals surface area contributed by atoms with Gasteiger partial charge in [-0.15, -0.1) is 23.1 Å². The third-order valence-electron chi connectivity index (χ3n) is 5.15. The van der Waals surface area contributed by atoms with Gasteiger partial charge >= 0.3 is 0 Å². The molecule has 1 aliphatic carbocycles. The van der Waals surface area contributed by atoms with Crippen LogP contribution in [0.25, 0.3) is 0 Å². The number of carbonyl (C=O) groups excluding carboxylic acids is 1. The quantitative estimate of drug-likeness (QED) is 0.709. The van der Waals surface area contributed by atoms with E-state index in [0.717, 1.165) is 45.3 Å². The number of allylic oxidation sites excluding steroid dienone is 3. The summed E-state index contributed by atoms with van der Waals surface area (Å²) in [6.07, 6.45) is 2.12. The summed E-state index contributed by atoms with van der Waals surface area (Å²) >= 11 is 3.35. The Balaban J connectivity index is 1.96. The fourth-order valence-electron chi connectivity index (χ4n) is 4.01. The number of anilines is 1. The van der Waals surface area contributed by atoms with Crippen molar-refractivity contribution in [3.05, 3.63) is 69.3 Å². The van der Waals surface area contributed by atoms with Gasteiger partial charge in [-0.2, -0.15) is 5.26 Å². The summed E-state index contributed by atoms with van der Waals surface area (Å²) in [6, 6.07) is 14.2. The van der Waals surface area contributed by atoms with E-state index in [2.05, 4.69) is 19.1 Å². The van der Waals surface area contributed by atoms with E-state index >= 15 is 0 Å². The highest BCUT2D eigenvalue weighted by atomic mass is 32.2. The monoisotopic (exact) mass is 407 g/mol. The fraction of sp³-hybridized carbons (Fsp3) is 0.273. The van der Waals surface area contributed by atoms with Gasteiger partial charge in [-0.05, 0) is 42.2 Å². The summed E-state index contributed by atoms with van der Waals surface area (Å²) in [6.45, 7) is 2.11. The summed E-state index contributed by atoms with van der Waals surface area (Å²) in [4.78, 5) is 17.2. The first-order valence-electron chi connectivity index (χ1n) is 9.38. The molecule has 0 saturated carbocycles. The minimum Gasteiger partial charge on any atom is -0.384 e. The van der Waals surface area contributed by atoms with Crippen molar-refractivity contribution in [2.75, 3.05) is 10.7 Å². The Hall–Kier alpha value is -2.49. The highest BCUT2D eigenvalue weighted by molar-refractivity contribution is 7.99. The van der Waals surface area contributed by atoms with Gasteiger partial charge in [0.1, 0.15) is 5.82 Å². The summed E-state index contributed by atoms with van der Waals surface area (Å²) in [5, 5.41) is 12.1. The number of hydrogen-bond donors (Lipinski definition) is 1. The third-order valence-corrected chi connectivity index (χ3v) is 7.21. The third kappa shape index (κ3) is 3.05. The summed E-state index contributed by atoms with van der Waals surface area (Å²) in [5.74, 6) is 1.15. The second kappa shape index (κ2) is 7.86.